The molecule has 1 amide bonds. The molecule has 0 aliphatic heterocycles. The predicted molar refractivity (Wildman–Crippen MR) is 381 cm³/mol. The summed E-state index contributed by atoms with van der Waals surface area (Å²) in [7, 11) is 1.21. The van der Waals surface area contributed by atoms with E-state index in [1.165, 1.54) is 321 Å². The summed E-state index contributed by atoms with van der Waals surface area (Å²) in [5.41, 5.74) is 0. The fourth-order valence-corrected chi connectivity index (χ4v) is 12.8. The van der Waals surface area contributed by atoms with Gasteiger partial charge in [-0.3, -0.25) is 14.2 Å². The van der Waals surface area contributed by atoms with Crippen molar-refractivity contribution in [2.45, 2.75) is 425 Å². The van der Waals surface area contributed by atoms with Gasteiger partial charge in [0.25, 0.3) is 7.82 Å². The summed E-state index contributed by atoms with van der Waals surface area (Å²) in [6.07, 6.45) is 84.7. The number of carbonyl (C=O) groups is 2. The lowest BCUT2D eigenvalue weighted by atomic mass is 10.0. The molecule has 0 saturated heterocycles. The number of quaternary nitrogens is 1. The standard InChI is InChI=1S/C78H153N2O7P/c1-7-10-13-16-19-22-25-28-30-32-34-36-38-39-40-41-43-45-47-49-51-53-56-59-62-65-68-71-78(82)87-76(69-66-63-60-57-54-27-24-21-18-15-12-9-3)75(74-86-88(83,84)85-73-72-80(4,5)6)79-77(81)70-67-64-61-58-55-52-50-48-46-44-42-37-35-33-31-29-26-23-20-17-14-11-8-2/h29,31,66,69,75-76H,7-28,30,32-65,67-68,70-74H2,1-6H3,(H-,79,81,83,84)/b31-29+,69-66+. The zero-order valence-corrected chi connectivity index (χ0v) is 60.9. The average Bonchev–Trinajstić information content (AvgIpc) is 3.53. The summed E-state index contributed by atoms with van der Waals surface area (Å²) in [4.78, 5) is 40.3. The highest BCUT2D eigenvalue weighted by Gasteiger charge is 2.27. The third-order valence-corrected chi connectivity index (χ3v) is 19.1. The van der Waals surface area contributed by atoms with Crippen LogP contribution in [-0.2, 0) is 27.9 Å². The maximum Gasteiger partial charge on any atom is 0.306 e. The minimum Gasteiger partial charge on any atom is -0.756 e. The van der Waals surface area contributed by atoms with Gasteiger partial charge in [-0.15, -0.1) is 0 Å². The van der Waals surface area contributed by atoms with E-state index in [9.17, 15) is 19.0 Å². The molecule has 0 aromatic carbocycles. The molecule has 0 rings (SSSR count). The smallest absolute Gasteiger partial charge is 0.306 e. The largest absolute Gasteiger partial charge is 0.756 e. The first-order valence-corrected chi connectivity index (χ1v) is 40.6. The van der Waals surface area contributed by atoms with Crippen LogP contribution in [-0.4, -0.2) is 69.4 Å². The summed E-state index contributed by atoms with van der Waals surface area (Å²) in [6.45, 7) is 6.92. The number of hydrogen-bond acceptors (Lipinski definition) is 7. The SMILES string of the molecule is CCCCCCCC/C=C/CCCCCCCCCCCCCCCC(=O)NC(COP(=O)([O-])OCC[N+](C)(C)C)C(/C=C/CCCCCCCCCCCC)OC(=O)CCCCCCCCCCCCCCCCCCCCCCCCCCCCC. The van der Waals surface area contributed by atoms with Crippen LogP contribution in [0.25, 0.3) is 0 Å². The van der Waals surface area contributed by atoms with Gasteiger partial charge in [0.15, 0.2) is 0 Å². The predicted octanol–water partition coefficient (Wildman–Crippen LogP) is 24.6. The molecule has 0 aliphatic rings. The lowest BCUT2D eigenvalue weighted by molar-refractivity contribution is -0.870. The topological polar surface area (TPSA) is 114 Å². The lowest BCUT2D eigenvalue weighted by Crippen LogP contribution is -2.47. The van der Waals surface area contributed by atoms with Gasteiger partial charge in [-0.05, 0) is 57.4 Å². The highest BCUT2D eigenvalue weighted by molar-refractivity contribution is 7.45. The Bertz CT molecular complexity index is 1550. The van der Waals surface area contributed by atoms with Crippen molar-refractivity contribution in [3.63, 3.8) is 0 Å². The number of phosphoric ester groups is 1. The Morgan fingerprint density at radius 2 is 0.659 bits per heavy atom. The molecule has 88 heavy (non-hydrogen) atoms. The van der Waals surface area contributed by atoms with Crippen LogP contribution in [0.5, 0.6) is 0 Å². The van der Waals surface area contributed by atoms with Crippen LogP contribution in [0.15, 0.2) is 24.3 Å². The van der Waals surface area contributed by atoms with Gasteiger partial charge in [-0.25, -0.2) is 0 Å². The number of hydrogen-bond donors (Lipinski definition) is 1. The highest BCUT2D eigenvalue weighted by atomic mass is 31.2. The van der Waals surface area contributed by atoms with Crippen LogP contribution in [0.4, 0.5) is 0 Å². The number of unbranched alkanes of at least 4 members (excludes halogenated alkanes) is 55. The summed E-state index contributed by atoms with van der Waals surface area (Å²) < 4.78 is 30.5. The van der Waals surface area contributed by atoms with Crippen LogP contribution in [0.1, 0.15) is 412 Å². The molecular formula is C78H153N2O7P. The van der Waals surface area contributed by atoms with Gasteiger partial charge < -0.3 is 28.5 Å². The second kappa shape index (κ2) is 68.4. The van der Waals surface area contributed by atoms with E-state index < -0.39 is 20.0 Å². The highest BCUT2D eigenvalue weighted by Crippen LogP contribution is 2.38. The number of allylic oxidation sites excluding steroid dienone is 3. The lowest BCUT2D eigenvalue weighted by Gasteiger charge is -2.30. The molecule has 0 fully saturated rings. The summed E-state index contributed by atoms with van der Waals surface area (Å²) in [5.74, 6) is -0.514. The third-order valence-electron chi connectivity index (χ3n) is 18.1. The number of carbonyl (C=O) groups excluding carboxylic acids is 2. The van der Waals surface area contributed by atoms with Gasteiger partial charge in [-0.1, -0.05) is 366 Å². The zero-order valence-electron chi connectivity index (χ0n) is 60.0. The Labute approximate surface area is 549 Å². The van der Waals surface area contributed by atoms with Crippen molar-refractivity contribution in [3.8, 4) is 0 Å². The van der Waals surface area contributed by atoms with Gasteiger partial charge in [0.05, 0.1) is 33.8 Å². The molecule has 0 saturated carbocycles. The number of nitrogens with one attached hydrogen (secondary N) is 1. The first kappa shape index (κ1) is 86.5. The van der Waals surface area contributed by atoms with Crippen LogP contribution >= 0.6 is 7.82 Å². The fourth-order valence-electron chi connectivity index (χ4n) is 12.1. The molecule has 0 heterocycles. The first-order valence-electron chi connectivity index (χ1n) is 39.1. The normalized spacial score (nSPS) is 13.5. The maximum atomic E-state index is 13.6. The Balaban J connectivity index is 4.90. The number of amides is 1. The minimum atomic E-state index is -4.70. The molecule has 0 bridgehead atoms. The Morgan fingerprint density at radius 1 is 0.386 bits per heavy atom. The molecule has 10 heteroatoms. The van der Waals surface area contributed by atoms with E-state index in [0.29, 0.717) is 17.4 Å². The van der Waals surface area contributed by atoms with E-state index in [1.807, 2.05) is 33.3 Å². The van der Waals surface area contributed by atoms with Crippen LogP contribution in [0.3, 0.4) is 0 Å². The molecule has 1 N–H and O–H groups in total. The Morgan fingerprint density at radius 3 is 0.966 bits per heavy atom. The molecule has 3 atom stereocenters. The average molecular weight is 1260 g/mol. The van der Waals surface area contributed by atoms with Crippen molar-refractivity contribution in [2.24, 2.45) is 0 Å². The molecule has 0 aromatic rings. The van der Waals surface area contributed by atoms with E-state index in [2.05, 4.69) is 38.2 Å². The Kier molecular flexibility index (Phi) is 67.2. The summed E-state index contributed by atoms with van der Waals surface area (Å²) in [6, 6.07) is -0.884. The molecule has 522 valence electrons. The van der Waals surface area contributed by atoms with Gasteiger partial charge in [-0.2, -0.15) is 0 Å². The second-order valence-electron chi connectivity index (χ2n) is 28.2. The van der Waals surface area contributed by atoms with Gasteiger partial charge in [0.2, 0.25) is 5.91 Å². The first-order chi connectivity index (χ1) is 42.9. The molecule has 0 spiro atoms. The quantitative estimate of drug-likeness (QED) is 0.0212. The summed E-state index contributed by atoms with van der Waals surface area (Å²) in [5, 5.41) is 3.06. The number of phosphoric acid groups is 1. The fraction of sp³-hybridized carbons (Fsp3) is 0.923. The monoisotopic (exact) mass is 1260 g/mol. The molecule has 0 radical (unpaired) electrons. The van der Waals surface area contributed by atoms with Crippen molar-refractivity contribution in [1.82, 2.24) is 5.32 Å². The molecular weight excluding hydrogens is 1110 g/mol. The van der Waals surface area contributed by atoms with Gasteiger partial charge in [0.1, 0.15) is 19.3 Å². The van der Waals surface area contributed by atoms with E-state index in [4.69, 9.17) is 13.8 Å². The van der Waals surface area contributed by atoms with E-state index in [0.717, 1.165) is 57.8 Å². The number of esters is 1. The molecule has 0 aromatic heterocycles. The van der Waals surface area contributed by atoms with Crippen LogP contribution in [0.2, 0.25) is 0 Å². The molecule has 9 nitrogen and oxygen atoms in total. The minimum absolute atomic E-state index is 0.0179. The number of nitrogens with zero attached hydrogens (tertiary/aromatic N) is 1. The van der Waals surface area contributed by atoms with Crippen molar-refractivity contribution >= 4 is 19.7 Å². The number of rotatable bonds is 73. The Hall–Kier alpha value is -1.51. The number of likely N-dealkylation sites (N-methyl/N-ethyl adjacent to an activating group) is 1. The second-order valence-corrected chi connectivity index (χ2v) is 29.6. The molecule has 0 aliphatic carbocycles. The van der Waals surface area contributed by atoms with Crippen LogP contribution in [0, 0.1) is 0 Å². The van der Waals surface area contributed by atoms with Crippen molar-refractivity contribution in [1.29, 1.82) is 0 Å². The summed E-state index contributed by atoms with van der Waals surface area (Å²) >= 11 is 0. The number of ether oxygens (including phenoxy) is 1. The van der Waals surface area contributed by atoms with Gasteiger partial charge >= 0.3 is 5.97 Å². The van der Waals surface area contributed by atoms with E-state index >= 15 is 0 Å². The zero-order chi connectivity index (χ0) is 64.2. The van der Waals surface area contributed by atoms with Crippen LogP contribution < -0.4 is 10.2 Å². The van der Waals surface area contributed by atoms with Crippen molar-refractivity contribution < 1.29 is 37.3 Å². The van der Waals surface area contributed by atoms with Gasteiger partial charge in [0, 0.05) is 12.8 Å². The van der Waals surface area contributed by atoms with E-state index in [-0.39, 0.29) is 31.5 Å². The van der Waals surface area contributed by atoms with Crippen molar-refractivity contribution in [2.75, 3.05) is 40.9 Å². The third kappa shape index (κ3) is 68.8. The van der Waals surface area contributed by atoms with E-state index in [1.54, 1.807) is 0 Å². The molecule has 3 unspecified atom stereocenters. The maximum absolute atomic E-state index is 13.6. The van der Waals surface area contributed by atoms with Crippen molar-refractivity contribution in [3.05, 3.63) is 24.3 Å².